The van der Waals surface area contributed by atoms with Crippen molar-refractivity contribution in [1.82, 2.24) is 15.1 Å². The lowest BCUT2D eigenvalue weighted by Gasteiger charge is -2.27. The van der Waals surface area contributed by atoms with Crippen LogP contribution in [-0.2, 0) is 27.7 Å². The molecule has 2 amide bonds. The molecule has 3 aromatic rings. The van der Waals surface area contributed by atoms with E-state index in [1.807, 2.05) is 28.9 Å². The number of sulfone groups is 1. The zero-order valence-corrected chi connectivity index (χ0v) is 19.8. The SMILES string of the molecule is O=C(N[C@H]1CCS(=O)(=O)C1)c1ccc(CN2C(=O)CCn3nc(-c4cccc(Cl)c4)cc32)cc1. The van der Waals surface area contributed by atoms with Crippen LogP contribution < -0.4 is 10.2 Å². The van der Waals surface area contributed by atoms with Crippen molar-refractivity contribution >= 4 is 39.1 Å². The molecule has 176 valence electrons. The lowest BCUT2D eigenvalue weighted by atomic mass is 10.1. The van der Waals surface area contributed by atoms with Crippen LogP contribution in [0.5, 0.6) is 0 Å². The van der Waals surface area contributed by atoms with Gasteiger partial charge in [-0.1, -0.05) is 35.9 Å². The fraction of sp³-hybridized carbons (Fsp3) is 0.292. The van der Waals surface area contributed by atoms with E-state index in [1.54, 1.807) is 35.2 Å². The van der Waals surface area contributed by atoms with Crippen LogP contribution in [0.4, 0.5) is 5.82 Å². The number of carbonyl (C=O) groups is 2. The molecule has 2 aliphatic rings. The summed E-state index contributed by atoms with van der Waals surface area (Å²) in [6.07, 6.45) is 0.794. The number of anilines is 1. The molecule has 1 N–H and O–H groups in total. The van der Waals surface area contributed by atoms with E-state index in [0.717, 1.165) is 22.6 Å². The lowest BCUT2D eigenvalue weighted by molar-refractivity contribution is -0.119. The molecule has 1 saturated heterocycles. The molecule has 0 aliphatic carbocycles. The Morgan fingerprint density at radius 3 is 2.65 bits per heavy atom. The van der Waals surface area contributed by atoms with Gasteiger partial charge in [0.25, 0.3) is 5.91 Å². The first-order valence-corrected chi connectivity index (χ1v) is 13.2. The molecule has 3 heterocycles. The monoisotopic (exact) mass is 498 g/mol. The summed E-state index contributed by atoms with van der Waals surface area (Å²) in [5, 5.41) is 8.06. The summed E-state index contributed by atoms with van der Waals surface area (Å²) >= 11 is 6.12. The van der Waals surface area contributed by atoms with Gasteiger partial charge in [0.1, 0.15) is 5.82 Å². The number of halogens is 1. The van der Waals surface area contributed by atoms with E-state index < -0.39 is 9.84 Å². The van der Waals surface area contributed by atoms with Crippen molar-refractivity contribution in [1.29, 1.82) is 0 Å². The molecule has 1 fully saturated rings. The number of fused-ring (bicyclic) bond motifs is 1. The maximum atomic E-state index is 12.7. The van der Waals surface area contributed by atoms with Crippen LogP contribution >= 0.6 is 11.6 Å². The van der Waals surface area contributed by atoms with Crippen molar-refractivity contribution < 1.29 is 18.0 Å². The van der Waals surface area contributed by atoms with E-state index in [0.29, 0.717) is 36.5 Å². The molecule has 10 heteroatoms. The second-order valence-electron chi connectivity index (χ2n) is 8.62. The largest absolute Gasteiger partial charge is 0.348 e. The third-order valence-electron chi connectivity index (χ3n) is 6.12. The van der Waals surface area contributed by atoms with Crippen LogP contribution in [0.1, 0.15) is 28.8 Å². The number of carbonyl (C=O) groups excluding carboxylic acids is 2. The fourth-order valence-electron chi connectivity index (χ4n) is 4.33. The number of benzene rings is 2. The average molecular weight is 499 g/mol. The van der Waals surface area contributed by atoms with Gasteiger partial charge in [0.05, 0.1) is 30.3 Å². The van der Waals surface area contributed by atoms with E-state index in [-0.39, 0.29) is 29.4 Å². The topological polar surface area (TPSA) is 101 Å². The van der Waals surface area contributed by atoms with E-state index in [1.165, 1.54) is 0 Å². The van der Waals surface area contributed by atoms with Crippen molar-refractivity contribution in [3.8, 4) is 11.3 Å². The van der Waals surface area contributed by atoms with Gasteiger partial charge in [0.2, 0.25) is 5.91 Å². The number of amides is 2. The summed E-state index contributed by atoms with van der Waals surface area (Å²) in [7, 11) is -3.06. The van der Waals surface area contributed by atoms with Crippen LogP contribution in [0.15, 0.2) is 54.6 Å². The molecule has 0 unspecified atom stereocenters. The van der Waals surface area contributed by atoms with Gasteiger partial charge in [-0.25, -0.2) is 13.1 Å². The van der Waals surface area contributed by atoms with Crippen LogP contribution in [0.2, 0.25) is 5.02 Å². The molecule has 34 heavy (non-hydrogen) atoms. The van der Waals surface area contributed by atoms with Gasteiger partial charge in [-0.3, -0.25) is 14.5 Å². The number of nitrogens with zero attached hydrogens (tertiary/aromatic N) is 3. The Kier molecular flexibility index (Phi) is 5.91. The first-order chi connectivity index (χ1) is 16.3. The Morgan fingerprint density at radius 1 is 1.15 bits per heavy atom. The molecule has 2 aromatic carbocycles. The minimum Gasteiger partial charge on any atom is -0.348 e. The summed E-state index contributed by atoms with van der Waals surface area (Å²) < 4.78 is 25.0. The van der Waals surface area contributed by atoms with Crippen LogP contribution in [-0.4, -0.2) is 47.6 Å². The third kappa shape index (κ3) is 4.71. The van der Waals surface area contributed by atoms with E-state index in [4.69, 9.17) is 11.6 Å². The number of aromatic nitrogens is 2. The number of aryl methyl sites for hydroxylation is 1. The van der Waals surface area contributed by atoms with Crippen molar-refractivity contribution in [3.05, 3.63) is 70.7 Å². The van der Waals surface area contributed by atoms with Gasteiger partial charge < -0.3 is 5.32 Å². The molecule has 2 aliphatic heterocycles. The molecule has 5 rings (SSSR count). The quantitative estimate of drug-likeness (QED) is 0.582. The summed E-state index contributed by atoms with van der Waals surface area (Å²) in [6.45, 7) is 0.865. The van der Waals surface area contributed by atoms with Crippen molar-refractivity contribution in [2.75, 3.05) is 16.4 Å². The predicted molar refractivity (Wildman–Crippen MR) is 129 cm³/mol. The van der Waals surface area contributed by atoms with Gasteiger partial charge in [0.15, 0.2) is 9.84 Å². The summed E-state index contributed by atoms with van der Waals surface area (Å²) in [6, 6.07) is 16.0. The minimum absolute atomic E-state index is 0.00862. The minimum atomic E-state index is -3.06. The number of hydrogen-bond donors (Lipinski definition) is 1. The molecular formula is C24H23ClN4O4S. The highest BCUT2D eigenvalue weighted by Gasteiger charge is 2.29. The molecular weight excluding hydrogens is 476 g/mol. The molecule has 0 bridgehead atoms. The normalized spacial score (nSPS) is 19.1. The Bertz CT molecular complexity index is 1370. The first-order valence-electron chi connectivity index (χ1n) is 11.0. The van der Waals surface area contributed by atoms with Crippen molar-refractivity contribution in [3.63, 3.8) is 0 Å². The summed E-state index contributed by atoms with van der Waals surface area (Å²) in [5.41, 5.74) is 2.95. The third-order valence-corrected chi connectivity index (χ3v) is 8.12. The average Bonchev–Trinajstić information content (AvgIpc) is 3.39. The molecule has 8 nitrogen and oxygen atoms in total. The first kappa shape index (κ1) is 22.6. The Balaban J connectivity index is 1.31. The molecule has 1 atom stereocenters. The van der Waals surface area contributed by atoms with Crippen LogP contribution in [0.25, 0.3) is 11.3 Å². The Labute approximate surface area is 202 Å². The second-order valence-corrected chi connectivity index (χ2v) is 11.3. The van der Waals surface area contributed by atoms with E-state index >= 15 is 0 Å². The lowest BCUT2D eigenvalue weighted by Crippen LogP contribution is -2.37. The highest BCUT2D eigenvalue weighted by atomic mass is 35.5. The standard InChI is InChI=1S/C24H23ClN4O4S/c25-19-3-1-2-18(12-19)21-13-22-28(23(30)8-10-29(22)27-21)14-16-4-6-17(7-5-16)24(31)26-20-9-11-34(32,33)15-20/h1-7,12-13,20H,8-11,14-15H2,(H,26,31)/t20-/m0/s1. The zero-order chi connectivity index (χ0) is 23.9. The van der Waals surface area contributed by atoms with Crippen LogP contribution in [0.3, 0.4) is 0 Å². The maximum Gasteiger partial charge on any atom is 0.251 e. The smallest absolute Gasteiger partial charge is 0.251 e. The second kappa shape index (κ2) is 8.88. The predicted octanol–water partition coefficient (Wildman–Crippen LogP) is 3.06. The molecule has 1 aromatic heterocycles. The Hall–Kier alpha value is -3.17. The highest BCUT2D eigenvalue weighted by Crippen LogP contribution is 2.30. The van der Waals surface area contributed by atoms with E-state index in [9.17, 15) is 18.0 Å². The maximum absolute atomic E-state index is 12.7. The highest BCUT2D eigenvalue weighted by molar-refractivity contribution is 7.91. The summed E-state index contributed by atoms with van der Waals surface area (Å²) in [4.78, 5) is 26.9. The summed E-state index contributed by atoms with van der Waals surface area (Å²) in [5.74, 6) is 0.520. The molecule has 0 radical (unpaired) electrons. The van der Waals surface area contributed by atoms with Crippen LogP contribution in [0, 0.1) is 0 Å². The van der Waals surface area contributed by atoms with Gasteiger partial charge >= 0.3 is 0 Å². The Morgan fingerprint density at radius 2 is 1.94 bits per heavy atom. The van der Waals surface area contributed by atoms with Gasteiger partial charge in [-0.05, 0) is 36.2 Å². The fourth-order valence-corrected chi connectivity index (χ4v) is 6.20. The van der Waals surface area contributed by atoms with Crippen molar-refractivity contribution in [2.45, 2.75) is 32.0 Å². The molecule has 0 spiro atoms. The van der Waals surface area contributed by atoms with Gasteiger partial charge in [0, 0.05) is 34.7 Å². The number of rotatable bonds is 5. The number of hydrogen-bond acceptors (Lipinski definition) is 5. The van der Waals surface area contributed by atoms with Gasteiger partial charge in [-0.2, -0.15) is 5.10 Å². The van der Waals surface area contributed by atoms with E-state index in [2.05, 4.69) is 10.4 Å². The molecule has 0 saturated carbocycles. The number of nitrogens with one attached hydrogen (secondary N) is 1. The zero-order valence-electron chi connectivity index (χ0n) is 18.3. The van der Waals surface area contributed by atoms with Crippen molar-refractivity contribution in [2.24, 2.45) is 0 Å². The van der Waals surface area contributed by atoms with Gasteiger partial charge in [-0.15, -0.1) is 0 Å².